The predicted molar refractivity (Wildman–Crippen MR) is 54.5 cm³/mol. The van der Waals surface area contributed by atoms with Crippen LogP contribution in [0.25, 0.3) is 0 Å². The summed E-state index contributed by atoms with van der Waals surface area (Å²) in [7, 11) is 0.276. The van der Waals surface area contributed by atoms with Crippen LogP contribution in [0.1, 0.15) is 27.7 Å². The van der Waals surface area contributed by atoms with Gasteiger partial charge in [-0.05, 0) is 13.1 Å². The fraction of sp³-hybridized carbons (Fsp3) is 0.889. The Morgan fingerprint density at radius 1 is 1.38 bits per heavy atom. The van der Waals surface area contributed by atoms with Gasteiger partial charge in [-0.25, -0.2) is 0 Å². The van der Waals surface area contributed by atoms with Crippen LogP contribution >= 0.6 is 0 Å². The minimum atomic E-state index is -0.0921. The molecule has 0 aromatic heterocycles. The van der Waals surface area contributed by atoms with Crippen LogP contribution < -0.4 is 0 Å². The van der Waals surface area contributed by atoms with Crippen LogP contribution in [0.4, 0.5) is 0 Å². The van der Waals surface area contributed by atoms with Crippen LogP contribution in [-0.2, 0) is 9.22 Å². The van der Waals surface area contributed by atoms with Gasteiger partial charge in [-0.15, -0.1) is 0 Å². The Balaban J connectivity index is 3.49. The van der Waals surface area contributed by atoms with Gasteiger partial charge in [0.15, 0.2) is 0 Å². The maximum Gasteiger partial charge on any atom is 0.330 e. The summed E-state index contributed by atoms with van der Waals surface area (Å²) in [5, 5.41) is 0. The minimum absolute atomic E-state index is 0.01000. The Labute approximate surface area is 83.4 Å². The summed E-state index contributed by atoms with van der Waals surface area (Å²) in [5.74, 6) is -0.102. The first kappa shape index (κ1) is 12.6. The van der Waals surface area contributed by atoms with Crippen LogP contribution in [0.5, 0.6) is 0 Å². The van der Waals surface area contributed by atoms with Crippen molar-refractivity contribution in [1.82, 2.24) is 4.90 Å². The zero-order valence-corrected chi connectivity index (χ0v) is 9.96. The maximum absolute atomic E-state index is 11.1. The lowest BCUT2D eigenvalue weighted by molar-refractivity contribution is -0.137. The normalized spacial score (nSPS) is 10.9. The van der Waals surface area contributed by atoms with E-state index in [9.17, 15) is 4.79 Å². The van der Waals surface area contributed by atoms with Gasteiger partial charge in [0.1, 0.15) is 0 Å². The van der Waals surface area contributed by atoms with Crippen molar-refractivity contribution in [2.75, 3.05) is 19.3 Å². The summed E-state index contributed by atoms with van der Waals surface area (Å²) in [6.07, 6.45) is 0.867. The van der Waals surface area contributed by atoms with Crippen molar-refractivity contribution in [2.45, 2.75) is 27.7 Å². The van der Waals surface area contributed by atoms with E-state index in [4.69, 9.17) is 4.43 Å². The Morgan fingerprint density at radius 3 is 2.31 bits per heavy atom. The molecule has 0 unspecified atom stereocenters. The third-order valence-corrected chi connectivity index (χ3v) is 2.75. The van der Waals surface area contributed by atoms with Gasteiger partial charge in [-0.2, -0.15) is 0 Å². The lowest BCUT2D eigenvalue weighted by Gasteiger charge is -2.16. The molecule has 4 heteroatoms. The summed E-state index contributed by atoms with van der Waals surface area (Å²) in [6.45, 7) is 9.95. The molecule has 0 aromatic rings. The molecule has 0 aliphatic rings. The van der Waals surface area contributed by atoms with Crippen LogP contribution in [-0.4, -0.2) is 39.9 Å². The third kappa shape index (κ3) is 5.82. The Hall–Kier alpha value is -0.353. The van der Waals surface area contributed by atoms with Gasteiger partial charge in [-0.1, -0.05) is 27.7 Å². The number of hydrogen-bond acceptors (Lipinski definition) is 3. The second-order valence-electron chi connectivity index (χ2n) is 3.18. The van der Waals surface area contributed by atoms with Crippen molar-refractivity contribution >= 4 is 15.7 Å². The highest BCUT2D eigenvalue weighted by Gasteiger charge is 2.09. The second-order valence-corrected chi connectivity index (χ2v) is 3.99. The van der Waals surface area contributed by atoms with E-state index in [0.717, 1.165) is 19.3 Å². The monoisotopic (exact) mass is 201 g/mol. The maximum atomic E-state index is 11.1. The first-order valence-corrected chi connectivity index (χ1v) is 5.89. The van der Waals surface area contributed by atoms with Gasteiger partial charge < -0.3 is 9.33 Å². The van der Waals surface area contributed by atoms with E-state index in [0.29, 0.717) is 0 Å². The molecule has 0 atom stereocenters. The number of nitrogens with zero attached hydrogens (tertiary/aromatic N) is 1. The first-order valence-electron chi connectivity index (χ1n) is 4.77. The number of rotatable bonds is 6. The summed E-state index contributed by atoms with van der Waals surface area (Å²) < 4.78 is 5.08. The Kier molecular flexibility index (Phi) is 6.90. The molecule has 0 rings (SSSR count). The van der Waals surface area contributed by atoms with E-state index in [1.165, 1.54) is 0 Å². The molecule has 2 radical (unpaired) electrons. The van der Waals surface area contributed by atoms with Gasteiger partial charge in [0.05, 0.1) is 0 Å². The average Bonchev–Trinajstić information content (AvgIpc) is 2.12. The number of hydrogen-bond donors (Lipinski definition) is 0. The van der Waals surface area contributed by atoms with Crippen molar-refractivity contribution in [3.05, 3.63) is 0 Å². The molecular weight excluding hydrogens is 182 g/mol. The van der Waals surface area contributed by atoms with Crippen LogP contribution in [0.3, 0.4) is 0 Å². The molecule has 0 fully saturated rings. The van der Waals surface area contributed by atoms with Crippen molar-refractivity contribution < 1.29 is 9.22 Å². The highest BCUT2D eigenvalue weighted by atomic mass is 28.2. The largest absolute Gasteiger partial charge is 0.515 e. The molecule has 13 heavy (non-hydrogen) atoms. The van der Waals surface area contributed by atoms with Crippen molar-refractivity contribution in [2.24, 2.45) is 5.92 Å². The van der Waals surface area contributed by atoms with Crippen LogP contribution in [0.15, 0.2) is 0 Å². The summed E-state index contributed by atoms with van der Waals surface area (Å²) >= 11 is 0. The fourth-order valence-electron chi connectivity index (χ4n) is 0.760. The summed E-state index contributed by atoms with van der Waals surface area (Å²) in [4.78, 5) is 13.3. The van der Waals surface area contributed by atoms with E-state index < -0.39 is 0 Å². The molecule has 0 saturated carbocycles. The Bertz CT molecular complexity index is 147. The zero-order valence-electron chi connectivity index (χ0n) is 8.96. The summed E-state index contributed by atoms with van der Waals surface area (Å²) in [5.41, 5.74) is 0. The average molecular weight is 201 g/mol. The molecule has 3 nitrogen and oxygen atoms in total. The molecule has 0 spiro atoms. The Morgan fingerprint density at radius 2 is 1.92 bits per heavy atom. The van der Waals surface area contributed by atoms with Crippen LogP contribution in [0, 0.1) is 5.92 Å². The molecule has 0 aromatic carbocycles. The van der Waals surface area contributed by atoms with E-state index in [-0.39, 0.29) is 21.7 Å². The van der Waals surface area contributed by atoms with Crippen LogP contribution in [0.2, 0.25) is 0 Å². The van der Waals surface area contributed by atoms with E-state index in [1.807, 2.05) is 13.8 Å². The smallest absolute Gasteiger partial charge is 0.330 e. The molecule has 76 valence electrons. The highest BCUT2D eigenvalue weighted by molar-refractivity contribution is 6.30. The van der Waals surface area contributed by atoms with Gasteiger partial charge in [0.2, 0.25) is 0 Å². The van der Waals surface area contributed by atoms with E-state index >= 15 is 0 Å². The van der Waals surface area contributed by atoms with E-state index in [1.54, 1.807) is 0 Å². The van der Waals surface area contributed by atoms with Gasteiger partial charge in [0, 0.05) is 12.1 Å². The molecule has 0 amide bonds. The lowest BCUT2D eigenvalue weighted by Crippen LogP contribution is -2.30. The molecule has 0 saturated heterocycles. The second kappa shape index (κ2) is 7.09. The topological polar surface area (TPSA) is 29.5 Å². The standard InChI is InChI=1S/C9H19NO2Si/c1-5-10(6-2)7-13-12-9(11)8(3)4/h8H,5-7H2,1-4H3. The minimum Gasteiger partial charge on any atom is -0.515 e. The molecule has 0 N–H and O–H groups in total. The number of carbonyl (C=O) groups is 1. The summed E-state index contributed by atoms with van der Waals surface area (Å²) in [6, 6.07) is 0. The predicted octanol–water partition coefficient (Wildman–Crippen LogP) is 1.10. The molecule has 0 aliphatic carbocycles. The quantitative estimate of drug-likeness (QED) is 0.603. The van der Waals surface area contributed by atoms with Gasteiger partial charge >= 0.3 is 9.76 Å². The fourth-order valence-corrected chi connectivity index (χ4v) is 1.83. The molecular formula is C9H19NO2Si. The van der Waals surface area contributed by atoms with Crippen molar-refractivity contribution in [1.29, 1.82) is 0 Å². The third-order valence-electron chi connectivity index (χ3n) is 1.83. The van der Waals surface area contributed by atoms with Gasteiger partial charge in [-0.3, -0.25) is 4.79 Å². The number of carbonyl (C=O) groups excluding carboxylic acids is 1. The molecule has 0 bridgehead atoms. The highest BCUT2D eigenvalue weighted by Crippen LogP contribution is 1.95. The first-order chi connectivity index (χ1) is 6.11. The lowest BCUT2D eigenvalue weighted by atomic mass is 10.2. The zero-order chi connectivity index (χ0) is 10.3. The van der Waals surface area contributed by atoms with E-state index in [2.05, 4.69) is 18.7 Å². The van der Waals surface area contributed by atoms with Crippen molar-refractivity contribution in [3.63, 3.8) is 0 Å². The molecule has 0 heterocycles. The van der Waals surface area contributed by atoms with Gasteiger partial charge in [0.25, 0.3) is 5.97 Å². The van der Waals surface area contributed by atoms with Crippen molar-refractivity contribution in [3.8, 4) is 0 Å². The SMILES string of the molecule is CCN(CC)C[Si]OC(=O)C(C)C. The molecule has 0 aliphatic heterocycles.